The Bertz CT molecular complexity index is 589. The first kappa shape index (κ1) is 12.5. The van der Waals surface area contributed by atoms with Crippen LogP contribution < -0.4 is 4.74 Å². The SMILES string of the molecule is COc1ccccc1C(C#N)c1cccc(Cl)c1. The lowest BCUT2D eigenvalue weighted by atomic mass is 9.92. The van der Waals surface area contributed by atoms with Crippen LogP contribution in [0.25, 0.3) is 0 Å². The van der Waals surface area contributed by atoms with Crippen LogP contribution in [-0.2, 0) is 0 Å². The summed E-state index contributed by atoms with van der Waals surface area (Å²) in [6, 6.07) is 17.2. The minimum absolute atomic E-state index is 0.375. The van der Waals surface area contributed by atoms with E-state index in [1.54, 1.807) is 13.2 Å². The van der Waals surface area contributed by atoms with Crippen LogP contribution in [0, 0.1) is 11.3 Å². The van der Waals surface area contributed by atoms with Gasteiger partial charge in [-0.15, -0.1) is 0 Å². The molecule has 2 nitrogen and oxygen atoms in total. The van der Waals surface area contributed by atoms with Crippen molar-refractivity contribution in [2.75, 3.05) is 7.11 Å². The van der Waals surface area contributed by atoms with Crippen LogP contribution in [-0.4, -0.2) is 7.11 Å². The van der Waals surface area contributed by atoms with E-state index in [1.165, 1.54) is 0 Å². The van der Waals surface area contributed by atoms with Crippen molar-refractivity contribution in [3.05, 3.63) is 64.7 Å². The van der Waals surface area contributed by atoms with Gasteiger partial charge in [-0.05, 0) is 23.8 Å². The number of nitrogens with zero attached hydrogens (tertiary/aromatic N) is 1. The summed E-state index contributed by atoms with van der Waals surface area (Å²) in [6.45, 7) is 0. The molecule has 0 amide bonds. The fraction of sp³-hybridized carbons (Fsp3) is 0.133. The average Bonchev–Trinajstić information content (AvgIpc) is 2.40. The van der Waals surface area contributed by atoms with E-state index in [0.29, 0.717) is 10.8 Å². The third-order valence-electron chi connectivity index (χ3n) is 2.76. The second-order valence-corrected chi connectivity index (χ2v) is 4.30. The third kappa shape index (κ3) is 2.47. The van der Waals surface area contributed by atoms with Crippen molar-refractivity contribution in [1.82, 2.24) is 0 Å². The van der Waals surface area contributed by atoms with Gasteiger partial charge in [0.2, 0.25) is 0 Å². The maximum absolute atomic E-state index is 9.40. The first-order valence-corrected chi connectivity index (χ1v) is 5.92. The maximum atomic E-state index is 9.40. The van der Waals surface area contributed by atoms with Gasteiger partial charge in [-0.25, -0.2) is 0 Å². The molecule has 2 rings (SSSR count). The van der Waals surface area contributed by atoms with E-state index < -0.39 is 0 Å². The molecule has 18 heavy (non-hydrogen) atoms. The van der Waals surface area contributed by atoms with Crippen molar-refractivity contribution in [1.29, 1.82) is 5.26 Å². The molecule has 0 N–H and O–H groups in total. The van der Waals surface area contributed by atoms with Crippen molar-refractivity contribution in [2.45, 2.75) is 5.92 Å². The molecule has 90 valence electrons. The second kappa shape index (κ2) is 5.57. The van der Waals surface area contributed by atoms with Crippen molar-refractivity contribution in [2.24, 2.45) is 0 Å². The number of halogens is 1. The minimum atomic E-state index is -0.375. The monoisotopic (exact) mass is 257 g/mol. The predicted octanol–water partition coefficient (Wildman–Crippen LogP) is 4.00. The van der Waals surface area contributed by atoms with Crippen molar-refractivity contribution >= 4 is 11.6 Å². The smallest absolute Gasteiger partial charge is 0.123 e. The van der Waals surface area contributed by atoms with Gasteiger partial charge < -0.3 is 4.74 Å². The molecular formula is C15H12ClNO. The Hall–Kier alpha value is -1.98. The van der Waals surface area contributed by atoms with E-state index >= 15 is 0 Å². The molecule has 0 spiro atoms. The zero-order chi connectivity index (χ0) is 13.0. The molecule has 0 heterocycles. The lowest BCUT2D eigenvalue weighted by Crippen LogP contribution is -2.01. The summed E-state index contributed by atoms with van der Waals surface area (Å²) >= 11 is 5.97. The van der Waals surface area contributed by atoms with E-state index in [2.05, 4.69) is 6.07 Å². The Morgan fingerprint density at radius 3 is 2.61 bits per heavy atom. The number of ether oxygens (including phenoxy) is 1. The molecule has 1 atom stereocenters. The number of nitriles is 1. The molecule has 1 unspecified atom stereocenters. The number of para-hydroxylation sites is 1. The number of methoxy groups -OCH3 is 1. The Balaban J connectivity index is 2.49. The maximum Gasteiger partial charge on any atom is 0.123 e. The summed E-state index contributed by atoms with van der Waals surface area (Å²) in [7, 11) is 1.60. The Labute approximate surface area is 111 Å². The van der Waals surface area contributed by atoms with Crippen LogP contribution in [0.5, 0.6) is 5.75 Å². The summed E-state index contributed by atoms with van der Waals surface area (Å²) in [5.41, 5.74) is 1.72. The van der Waals surface area contributed by atoms with Crippen molar-refractivity contribution in [3.8, 4) is 11.8 Å². The first-order valence-electron chi connectivity index (χ1n) is 5.54. The topological polar surface area (TPSA) is 33.0 Å². The van der Waals surface area contributed by atoms with Gasteiger partial charge in [-0.2, -0.15) is 5.26 Å². The van der Waals surface area contributed by atoms with Crippen molar-refractivity contribution < 1.29 is 4.74 Å². The zero-order valence-corrected chi connectivity index (χ0v) is 10.7. The number of rotatable bonds is 3. The largest absolute Gasteiger partial charge is 0.496 e. The molecule has 0 saturated carbocycles. The van der Waals surface area contributed by atoms with Gasteiger partial charge in [-0.1, -0.05) is 41.9 Å². The van der Waals surface area contributed by atoms with E-state index in [-0.39, 0.29) is 5.92 Å². The summed E-state index contributed by atoms with van der Waals surface area (Å²) in [6.07, 6.45) is 0. The standard InChI is InChI=1S/C15H12ClNO/c1-18-15-8-3-2-7-13(15)14(10-17)11-5-4-6-12(16)9-11/h2-9,14H,1H3. The van der Waals surface area contributed by atoms with Crippen LogP contribution in [0.2, 0.25) is 5.02 Å². The fourth-order valence-electron chi connectivity index (χ4n) is 1.91. The van der Waals surface area contributed by atoms with Crippen LogP contribution in [0.4, 0.5) is 0 Å². The van der Waals surface area contributed by atoms with Gasteiger partial charge in [0.15, 0.2) is 0 Å². The summed E-state index contributed by atoms with van der Waals surface area (Å²) in [4.78, 5) is 0. The van der Waals surface area contributed by atoms with Crippen LogP contribution in [0.1, 0.15) is 17.0 Å². The molecule has 2 aromatic carbocycles. The average molecular weight is 258 g/mol. The summed E-state index contributed by atoms with van der Waals surface area (Å²) in [5.74, 6) is 0.337. The highest BCUT2D eigenvalue weighted by atomic mass is 35.5. The zero-order valence-electron chi connectivity index (χ0n) is 9.93. The summed E-state index contributed by atoms with van der Waals surface area (Å²) < 4.78 is 5.30. The Morgan fingerprint density at radius 2 is 1.94 bits per heavy atom. The third-order valence-corrected chi connectivity index (χ3v) is 3.00. The molecule has 0 saturated heterocycles. The highest BCUT2D eigenvalue weighted by Gasteiger charge is 2.17. The lowest BCUT2D eigenvalue weighted by Gasteiger charge is -2.14. The van der Waals surface area contributed by atoms with E-state index in [9.17, 15) is 5.26 Å². The molecular weight excluding hydrogens is 246 g/mol. The van der Waals surface area contributed by atoms with E-state index in [4.69, 9.17) is 16.3 Å². The molecule has 0 aromatic heterocycles. The minimum Gasteiger partial charge on any atom is -0.496 e. The predicted molar refractivity (Wildman–Crippen MR) is 71.9 cm³/mol. The molecule has 0 aliphatic carbocycles. The second-order valence-electron chi connectivity index (χ2n) is 3.86. The van der Waals surface area contributed by atoms with Gasteiger partial charge in [0.05, 0.1) is 19.1 Å². The molecule has 0 aliphatic heterocycles. The highest BCUT2D eigenvalue weighted by Crippen LogP contribution is 2.32. The van der Waals surface area contributed by atoms with Gasteiger partial charge in [-0.3, -0.25) is 0 Å². The van der Waals surface area contributed by atoms with Crippen LogP contribution >= 0.6 is 11.6 Å². The number of hydrogen-bond donors (Lipinski definition) is 0. The molecule has 0 fully saturated rings. The van der Waals surface area contributed by atoms with Gasteiger partial charge in [0.25, 0.3) is 0 Å². The molecule has 2 aromatic rings. The van der Waals surface area contributed by atoms with Crippen molar-refractivity contribution in [3.63, 3.8) is 0 Å². The normalized spacial score (nSPS) is 11.6. The highest BCUT2D eigenvalue weighted by molar-refractivity contribution is 6.30. The number of hydrogen-bond acceptors (Lipinski definition) is 2. The molecule has 0 bridgehead atoms. The van der Waals surface area contributed by atoms with Crippen LogP contribution in [0.3, 0.4) is 0 Å². The van der Waals surface area contributed by atoms with Gasteiger partial charge in [0.1, 0.15) is 5.75 Å². The van der Waals surface area contributed by atoms with E-state index in [0.717, 1.165) is 11.1 Å². The fourth-order valence-corrected chi connectivity index (χ4v) is 2.11. The summed E-state index contributed by atoms with van der Waals surface area (Å²) in [5, 5.41) is 10.0. The Morgan fingerprint density at radius 1 is 1.17 bits per heavy atom. The molecule has 0 radical (unpaired) electrons. The molecule has 3 heteroatoms. The van der Waals surface area contributed by atoms with Gasteiger partial charge in [0, 0.05) is 10.6 Å². The number of benzene rings is 2. The van der Waals surface area contributed by atoms with E-state index in [1.807, 2.05) is 42.5 Å². The van der Waals surface area contributed by atoms with Crippen LogP contribution in [0.15, 0.2) is 48.5 Å². The first-order chi connectivity index (χ1) is 8.76. The quantitative estimate of drug-likeness (QED) is 0.833. The Kier molecular flexibility index (Phi) is 3.86. The lowest BCUT2D eigenvalue weighted by molar-refractivity contribution is 0.409. The molecule has 0 aliphatic rings. The van der Waals surface area contributed by atoms with Gasteiger partial charge >= 0.3 is 0 Å².